The van der Waals surface area contributed by atoms with Crippen molar-refractivity contribution in [2.45, 2.75) is 19.4 Å². The molecule has 0 saturated carbocycles. The Balaban J connectivity index is 2.27. The van der Waals surface area contributed by atoms with Crippen molar-refractivity contribution in [3.8, 4) is 0 Å². The lowest BCUT2D eigenvalue weighted by atomic mass is 10.2. The standard InChI is InChI=1S/C9H11ClN4/c1-6-4-8(11)13-14(6)9-3-2-7(10)5-12-9/h2-3,5-6H,4H2,1H3,(H2,11,13)/t6-/m0/s1. The minimum Gasteiger partial charge on any atom is -0.386 e. The van der Waals surface area contributed by atoms with Gasteiger partial charge in [0.25, 0.3) is 0 Å². The molecule has 74 valence electrons. The van der Waals surface area contributed by atoms with Gasteiger partial charge in [0.15, 0.2) is 0 Å². The molecule has 0 spiro atoms. The molecule has 0 fully saturated rings. The average molecular weight is 211 g/mol. The van der Waals surface area contributed by atoms with Gasteiger partial charge in [-0.2, -0.15) is 5.10 Å². The van der Waals surface area contributed by atoms with E-state index in [0.29, 0.717) is 10.9 Å². The second kappa shape index (κ2) is 3.46. The second-order valence-corrected chi connectivity index (χ2v) is 3.76. The normalized spacial score (nSPS) is 21.1. The Bertz CT molecular complexity index is 360. The molecule has 1 aromatic rings. The topological polar surface area (TPSA) is 54.5 Å². The number of anilines is 1. The number of amidine groups is 1. The number of rotatable bonds is 1. The second-order valence-electron chi connectivity index (χ2n) is 3.32. The van der Waals surface area contributed by atoms with E-state index in [0.717, 1.165) is 12.2 Å². The van der Waals surface area contributed by atoms with Crippen molar-refractivity contribution in [2.24, 2.45) is 10.8 Å². The summed E-state index contributed by atoms with van der Waals surface area (Å²) >= 11 is 5.74. The van der Waals surface area contributed by atoms with Gasteiger partial charge in [0.1, 0.15) is 11.7 Å². The van der Waals surface area contributed by atoms with E-state index in [9.17, 15) is 0 Å². The molecule has 0 unspecified atom stereocenters. The first kappa shape index (κ1) is 9.27. The average Bonchev–Trinajstić information content (AvgIpc) is 2.47. The Morgan fingerprint density at radius 3 is 2.86 bits per heavy atom. The number of aromatic nitrogens is 1. The van der Waals surface area contributed by atoms with Crippen LogP contribution < -0.4 is 10.7 Å². The summed E-state index contributed by atoms with van der Waals surface area (Å²) in [4.78, 5) is 4.18. The highest BCUT2D eigenvalue weighted by molar-refractivity contribution is 6.30. The highest BCUT2D eigenvalue weighted by atomic mass is 35.5. The Hall–Kier alpha value is -1.29. The summed E-state index contributed by atoms with van der Waals surface area (Å²) < 4.78 is 0. The molecule has 0 bridgehead atoms. The van der Waals surface area contributed by atoms with E-state index >= 15 is 0 Å². The number of nitrogens with zero attached hydrogens (tertiary/aromatic N) is 3. The smallest absolute Gasteiger partial charge is 0.149 e. The predicted octanol–water partition coefficient (Wildman–Crippen LogP) is 1.61. The van der Waals surface area contributed by atoms with Crippen molar-refractivity contribution >= 4 is 23.3 Å². The quantitative estimate of drug-likeness (QED) is 0.766. The van der Waals surface area contributed by atoms with Crippen LogP contribution in [0.25, 0.3) is 0 Å². The fraction of sp³-hybridized carbons (Fsp3) is 0.333. The highest BCUT2D eigenvalue weighted by Crippen LogP contribution is 2.21. The number of halogens is 1. The maximum Gasteiger partial charge on any atom is 0.149 e. The van der Waals surface area contributed by atoms with Gasteiger partial charge in [0, 0.05) is 12.6 Å². The molecule has 5 heteroatoms. The van der Waals surface area contributed by atoms with Crippen molar-refractivity contribution in [1.29, 1.82) is 0 Å². The zero-order chi connectivity index (χ0) is 10.1. The SMILES string of the molecule is C[C@H]1CC(N)=NN1c1ccc(Cl)cn1. The molecule has 1 aliphatic rings. The van der Waals surface area contributed by atoms with E-state index < -0.39 is 0 Å². The zero-order valence-corrected chi connectivity index (χ0v) is 8.57. The van der Waals surface area contributed by atoms with Crippen LogP contribution in [0.15, 0.2) is 23.4 Å². The van der Waals surface area contributed by atoms with Crippen molar-refractivity contribution in [1.82, 2.24) is 4.98 Å². The summed E-state index contributed by atoms with van der Waals surface area (Å²) in [5.41, 5.74) is 5.64. The minimum atomic E-state index is 0.267. The van der Waals surface area contributed by atoms with Crippen LogP contribution in [-0.4, -0.2) is 16.9 Å². The largest absolute Gasteiger partial charge is 0.386 e. The van der Waals surface area contributed by atoms with Gasteiger partial charge in [-0.25, -0.2) is 9.99 Å². The zero-order valence-electron chi connectivity index (χ0n) is 7.81. The lowest BCUT2D eigenvalue weighted by Gasteiger charge is -2.18. The van der Waals surface area contributed by atoms with Gasteiger partial charge in [-0.15, -0.1) is 0 Å². The van der Waals surface area contributed by atoms with Crippen LogP contribution in [0.3, 0.4) is 0 Å². The molecule has 0 amide bonds. The molecule has 1 aromatic heterocycles. The third kappa shape index (κ3) is 1.65. The van der Waals surface area contributed by atoms with E-state index in [-0.39, 0.29) is 6.04 Å². The molecule has 1 aliphatic heterocycles. The Kier molecular flexibility index (Phi) is 2.29. The molecule has 0 aromatic carbocycles. The molecule has 1 atom stereocenters. The van der Waals surface area contributed by atoms with E-state index in [2.05, 4.69) is 17.0 Å². The molecule has 2 heterocycles. The molecule has 4 nitrogen and oxygen atoms in total. The maximum absolute atomic E-state index is 5.74. The van der Waals surface area contributed by atoms with Crippen LogP contribution in [0.5, 0.6) is 0 Å². The first-order valence-corrected chi connectivity index (χ1v) is 4.78. The Labute approximate surface area is 87.4 Å². The number of hydrogen-bond donors (Lipinski definition) is 1. The fourth-order valence-corrected chi connectivity index (χ4v) is 1.56. The van der Waals surface area contributed by atoms with Crippen molar-refractivity contribution < 1.29 is 0 Å². The van der Waals surface area contributed by atoms with E-state index in [1.807, 2.05) is 11.1 Å². The van der Waals surface area contributed by atoms with Crippen LogP contribution in [0.1, 0.15) is 13.3 Å². The molecule has 0 saturated heterocycles. The lowest BCUT2D eigenvalue weighted by molar-refractivity contribution is 0.713. The number of hydrogen-bond acceptors (Lipinski definition) is 4. The number of pyridine rings is 1. The third-order valence-electron chi connectivity index (χ3n) is 2.10. The van der Waals surface area contributed by atoms with E-state index in [1.54, 1.807) is 12.3 Å². The lowest BCUT2D eigenvalue weighted by Crippen LogP contribution is -2.23. The summed E-state index contributed by atoms with van der Waals surface area (Å²) in [5, 5.41) is 6.63. The molecule has 14 heavy (non-hydrogen) atoms. The monoisotopic (exact) mass is 210 g/mol. The number of nitrogens with two attached hydrogens (primary N) is 1. The van der Waals surface area contributed by atoms with Gasteiger partial charge < -0.3 is 5.73 Å². The van der Waals surface area contributed by atoms with Crippen molar-refractivity contribution in [3.05, 3.63) is 23.4 Å². The van der Waals surface area contributed by atoms with Gasteiger partial charge in [0.2, 0.25) is 0 Å². The highest BCUT2D eigenvalue weighted by Gasteiger charge is 2.22. The summed E-state index contributed by atoms with van der Waals surface area (Å²) in [5.74, 6) is 1.43. The van der Waals surface area contributed by atoms with Crippen LogP contribution in [0.2, 0.25) is 5.02 Å². The first-order valence-electron chi connectivity index (χ1n) is 4.40. The summed E-state index contributed by atoms with van der Waals surface area (Å²) in [6.07, 6.45) is 2.39. The Morgan fingerprint density at radius 2 is 2.36 bits per heavy atom. The summed E-state index contributed by atoms with van der Waals surface area (Å²) in [7, 11) is 0. The fourth-order valence-electron chi connectivity index (χ4n) is 1.45. The first-order chi connectivity index (χ1) is 6.66. The molecule has 2 N–H and O–H groups in total. The van der Waals surface area contributed by atoms with Gasteiger partial charge in [-0.3, -0.25) is 0 Å². The maximum atomic E-state index is 5.74. The molecule has 0 radical (unpaired) electrons. The van der Waals surface area contributed by atoms with Crippen LogP contribution in [-0.2, 0) is 0 Å². The van der Waals surface area contributed by atoms with Crippen LogP contribution >= 0.6 is 11.6 Å². The summed E-state index contributed by atoms with van der Waals surface area (Å²) in [6, 6.07) is 3.89. The Morgan fingerprint density at radius 1 is 1.57 bits per heavy atom. The van der Waals surface area contributed by atoms with Crippen molar-refractivity contribution in [3.63, 3.8) is 0 Å². The summed E-state index contributed by atoms with van der Waals surface area (Å²) in [6.45, 7) is 2.06. The van der Waals surface area contributed by atoms with Crippen molar-refractivity contribution in [2.75, 3.05) is 5.01 Å². The van der Waals surface area contributed by atoms with E-state index in [1.165, 1.54) is 0 Å². The molecule has 2 rings (SSSR count). The van der Waals surface area contributed by atoms with Gasteiger partial charge in [-0.1, -0.05) is 11.6 Å². The van der Waals surface area contributed by atoms with Gasteiger partial charge in [0.05, 0.1) is 11.1 Å². The van der Waals surface area contributed by atoms with Gasteiger partial charge >= 0.3 is 0 Å². The van der Waals surface area contributed by atoms with Gasteiger partial charge in [-0.05, 0) is 19.1 Å². The third-order valence-corrected chi connectivity index (χ3v) is 2.33. The number of hydrazone groups is 1. The molecular formula is C9H11ClN4. The predicted molar refractivity (Wildman–Crippen MR) is 57.4 cm³/mol. The molecular weight excluding hydrogens is 200 g/mol. The van der Waals surface area contributed by atoms with Crippen LogP contribution in [0, 0.1) is 0 Å². The van der Waals surface area contributed by atoms with Crippen LogP contribution in [0.4, 0.5) is 5.82 Å². The minimum absolute atomic E-state index is 0.267. The molecule has 0 aliphatic carbocycles. The van der Waals surface area contributed by atoms with E-state index in [4.69, 9.17) is 17.3 Å².